The van der Waals surface area contributed by atoms with Crippen LogP contribution in [0.1, 0.15) is 13.3 Å². The smallest absolute Gasteiger partial charge is 0.385 e. The van der Waals surface area contributed by atoms with Crippen molar-refractivity contribution < 1.29 is 13.3 Å². The summed E-state index contributed by atoms with van der Waals surface area (Å²) in [5.74, 6) is 0. The summed E-state index contributed by atoms with van der Waals surface area (Å²) in [6, 6.07) is 10.3. The van der Waals surface area contributed by atoms with E-state index in [1.807, 2.05) is 18.2 Å². The Morgan fingerprint density at radius 2 is 1.53 bits per heavy atom. The molecule has 0 saturated carbocycles. The van der Waals surface area contributed by atoms with Gasteiger partial charge in [0.1, 0.15) is 0 Å². The molecule has 0 heterocycles. The van der Waals surface area contributed by atoms with Crippen LogP contribution in [-0.4, -0.2) is 37.4 Å². The highest BCUT2D eigenvalue weighted by atomic mass is 28.3. The van der Waals surface area contributed by atoms with E-state index in [1.54, 1.807) is 21.3 Å². The van der Waals surface area contributed by atoms with Crippen LogP contribution in [0.25, 0.3) is 0 Å². The minimum atomic E-state index is -1.67. The van der Waals surface area contributed by atoms with Crippen molar-refractivity contribution in [3.8, 4) is 0 Å². The van der Waals surface area contributed by atoms with E-state index in [1.165, 1.54) is 12.1 Å². The van der Waals surface area contributed by atoms with Gasteiger partial charge in [0, 0.05) is 33.6 Å². The lowest BCUT2D eigenvalue weighted by Crippen LogP contribution is -2.21. The molecule has 98 valence electrons. The number of nitrogens with one attached hydrogen (secondary N) is 1. The lowest BCUT2D eigenvalue weighted by atomic mass is 10.3. The minimum Gasteiger partial charge on any atom is -0.385 e. The van der Waals surface area contributed by atoms with Crippen LogP contribution in [0.15, 0.2) is 30.3 Å². The molecule has 1 rings (SSSR count). The van der Waals surface area contributed by atoms with Crippen molar-refractivity contribution >= 4 is 15.2 Å². The predicted octanol–water partition coefficient (Wildman–Crippen LogP) is 2.15. The number of para-hydroxylation sites is 1. The first-order valence-electron chi connectivity index (χ1n) is 5.65. The molecule has 1 N–H and O–H groups in total. The summed E-state index contributed by atoms with van der Waals surface area (Å²) in [4.78, 5) is 0. The topological polar surface area (TPSA) is 39.7 Å². The molecule has 0 amide bonds. The Morgan fingerprint density at radius 1 is 1.00 bits per heavy atom. The van der Waals surface area contributed by atoms with Gasteiger partial charge >= 0.3 is 9.53 Å². The molecular formula is C12H23NO3Si. The Hall–Kier alpha value is -0.883. The molecule has 0 spiro atoms. The fourth-order valence-corrected chi connectivity index (χ4v) is 1.69. The molecule has 4 nitrogen and oxygen atoms in total. The van der Waals surface area contributed by atoms with Crippen LogP contribution in [0.3, 0.4) is 0 Å². The molecule has 1 aromatic carbocycles. The highest BCUT2D eigenvalue weighted by Crippen LogP contribution is 2.03. The van der Waals surface area contributed by atoms with Crippen molar-refractivity contribution in [2.75, 3.05) is 33.2 Å². The molecule has 0 atom stereocenters. The molecule has 0 aliphatic heterocycles. The van der Waals surface area contributed by atoms with Gasteiger partial charge in [-0.3, -0.25) is 0 Å². The fourth-order valence-electron chi connectivity index (χ4n) is 1.11. The summed E-state index contributed by atoms with van der Waals surface area (Å²) < 4.78 is 14.2. The van der Waals surface area contributed by atoms with E-state index in [9.17, 15) is 0 Å². The van der Waals surface area contributed by atoms with Crippen molar-refractivity contribution in [3.05, 3.63) is 30.3 Å². The van der Waals surface area contributed by atoms with E-state index in [2.05, 4.69) is 24.4 Å². The quantitative estimate of drug-likeness (QED) is 0.793. The Morgan fingerprint density at radius 3 is 1.88 bits per heavy atom. The van der Waals surface area contributed by atoms with Crippen LogP contribution in [0, 0.1) is 0 Å². The Bertz CT molecular complexity index is 250. The van der Waals surface area contributed by atoms with E-state index in [4.69, 9.17) is 13.3 Å². The van der Waals surface area contributed by atoms with Crippen molar-refractivity contribution in [2.24, 2.45) is 0 Å². The number of rotatable bonds is 6. The monoisotopic (exact) mass is 257 g/mol. The lowest BCUT2D eigenvalue weighted by molar-refractivity contribution is 0.163. The van der Waals surface area contributed by atoms with Crippen LogP contribution in [0.2, 0.25) is 0 Å². The van der Waals surface area contributed by atoms with Crippen LogP contribution in [0.5, 0.6) is 0 Å². The maximum atomic E-state index is 4.74. The molecule has 0 unspecified atom stereocenters. The minimum absolute atomic E-state index is 1.06. The highest BCUT2D eigenvalue weighted by molar-refractivity contribution is 6.36. The van der Waals surface area contributed by atoms with E-state index < -0.39 is 9.53 Å². The zero-order chi connectivity index (χ0) is 12.9. The molecule has 1 aromatic rings. The van der Waals surface area contributed by atoms with E-state index in [-0.39, 0.29) is 0 Å². The second-order valence-corrected chi connectivity index (χ2v) is 5.28. The first kappa shape index (κ1) is 16.1. The number of anilines is 1. The summed E-state index contributed by atoms with van der Waals surface area (Å²) in [6.45, 7) is 3.22. The van der Waals surface area contributed by atoms with Crippen LogP contribution in [0.4, 0.5) is 5.69 Å². The second kappa shape index (κ2) is 11.6. The second-order valence-electron chi connectivity index (χ2n) is 3.29. The van der Waals surface area contributed by atoms with Gasteiger partial charge in [0.25, 0.3) is 0 Å². The van der Waals surface area contributed by atoms with Crippen molar-refractivity contribution in [2.45, 2.75) is 13.3 Å². The van der Waals surface area contributed by atoms with E-state index in [0.717, 1.165) is 6.54 Å². The van der Waals surface area contributed by atoms with Gasteiger partial charge in [-0.1, -0.05) is 25.1 Å². The maximum Gasteiger partial charge on any atom is 0.483 e. The summed E-state index contributed by atoms with van der Waals surface area (Å²) in [5, 5.41) is 3.29. The van der Waals surface area contributed by atoms with Crippen LogP contribution >= 0.6 is 0 Å². The number of benzene rings is 1. The SMILES string of the molecule is CCCNc1ccccc1.CO[SiH](OC)OC. The molecule has 0 aromatic heterocycles. The maximum absolute atomic E-state index is 4.74. The van der Waals surface area contributed by atoms with E-state index >= 15 is 0 Å². The Labute approximate surface area is 106 Å². The lowest BCUT2D eigenvalue weighted by Gasteiger charge is -2.05. The zero-order valence-corrected chi connectivity index (χ0v) is 12.3. The Balaban J connectivity index is 0.000000325. The highest BCUT2D eigenvalue weighted by Gasteiger charge is 2.04. The largest absolute Gasteiger partial charge is 0.483 e. The van der Waals surface area contributed by atoms with Gasteiger partial charge in [-0.2, -0.15) is 0 Å². The molecule has 0 aliphatic carbocycles. The van der Waals surface area contributed by atoms with Crippen molar-refractivity contribution in [1.29, 1.82) is 0 Å². The summed E-state index contributed by atoms with van der Waals surface area (Å²) in [7, 11) is 3.05. The first-order valence-corrected chi connectivity index (χ1v) is 7.07. The number of hydrogen-bond acceptors (Lipinski definition) is 4. The summed E-state index contributed by atoms with van der Waals surface area (Å²) in [6.07, 6.45) is 1.18. The van der Waals surface area contributed by atoms with Gasteiger partial charge in [-0.05, 0) is 18.6 Å². The first-order chi connectivity index (χ1) is 8.28. The molecule has 0 radical (unpaired) electrons. The molecule has 17 heavy (non-hydrogen) atoms. The van der Waals surface area contributed by atoms with Gasteiger partial charge in [0.05, 0.1) is 0 Å². The molecule has 0 fully saturated rings. The van der Waals surface area contributed by atoms with E-state index in [0.29, 0.717) is 0 Å². The molecular weight excluding hydrogens is 234 g/mol. The average molecular weight is 257 g/mol. The Kier molecular flexibility index (Phi) is 11.0. The molecule has 0 aliphatic rings. The normalized spacial score (nSPS) is 9.71. The molecule has 0 bridgehead atoms. The van der Waals surface area contributed by atoms with Crippen molar-refractivity contribution in [3.63, 3.8) is 0 Å². The third kappa shape index (κ3) is 8.88. The summed E-state index contributed by atoms with van der Waals surface area (Å²) >= 11 is 0. The predicted molar refractivity (Wildman–Crippen MR) is 73.4 cm³/mol. The zero-order valence-electron chi connectivity index (χ0n) is 11.1. The van der Waals surface area contributed by atoms with Gasteiger partial charge in [-0.25, -0.2) is 0 Å². The average Bonchev–Trinajstić information content (AvgIpc) is 2.40. The van der Waals surface area contributed by atoms with Crippen LogP contribution < -0.4 is 5.32 Å². The molecule has 5 heteroatoms. The van der Waals surface area contributed by atoms with Gasteiger partial charge < -0.3 is 18.6 Å². The number of hydrogen-bond donors (Lipinski definition) is 1. The summed E-state index contributed by atoms with van der Waals surface area (Å²) in [5.41, 5.74) is 1.21. The van der Waals surface area contributed by atoms with Gasteiger partial charge in [-0.15, -0.1) is 0 Å². The van der Waals surface area contributed by atoms with Gasteiger partial charge in [0.2, 0.25) is 0 Å². The van der Waals surface area contributed by atoms with Crippen LogP contribution in [-0.2, 0) is 13.3 Å². The third-order valence-corrected chi connectivity index (χ3v) is 3.08. The fraction of sp³-hybridized carbons (Fsp3) is 0.500. The molecule has 0 saturated heterocycles. The standard InChI is InChI=1S/C9H13N.C3H10O3Si/c1-2-8-10-9-6-4-3-5-7-9;1-4-7(5-2)6-3/h3-7,10H,2,8H2,1H3;7H,1-3H3. The van der Waals surface area contributed by atoms with Crippen molar-refractivity contribution in [1.82, 2.24) is 0 Å². The van der Waals surface area contributed by atoms with Gasteiger partial charge in [0.15, 0.2) is 0 Å². The third-order valence-electron chi connectivity index (χ3n) is 1.93.